The van der Waals surface area contributed by atoms with Gasteiger partial charge in [-0.2, -0.15) is 0 Å². The number of carbonyl (C=O) groups excluding carboxylic acids is 1. The fourth-order valence-electron chi connectivity index (χ4n) is 4.94. The Labute approximate surface area is 180 Å². The van der Waals surface area contributed by atoms with Gasteiger partial charge in [-0.1, -0.05) is 60.2 Å². The minimum absolute atomic E-state index is 0.0873. The Hall–Kier alpha value is -3.85. The maximum Gasteiger partial charge on any atom is 0.258 e. The van der Waals surface area contributed by atoms with Gasteiger partial charge in [-0.25, -0.2) is 0 Å². The Morgan fingerprint density at radius 2 is 1.55 bits per heavy atom. The van der Waals surface area contributed by atoms with Gasteiger partial charge in [-0.05, 0) is 60.4 Å². The Bertz CT molecular complexity index is 1510. The summed E-state index contributed by atoms with van der Waals surface area (Å²) in [5, 5.41) is 2.45. The smallest absolute Gasteiger partial charge is 0.258 e. The third kappa shape index (κ3) is 2.63. The van der Waals surface area contributed by atoms with E-state index < -0.39 is 0 Å². The lowest BCUT2D eigenvalue weighted by molar-refractivity contribution is 0.0996. The largest absolute Gasteiger partial charge is 0.354 e. The first-order valence-corrected chi connectivity index (χ1v) is 10.6. The highest BCUT2D eigenvalue weighted by atomic mass is 16.2. The van der Waals surface area contributed by atoms with Gasteiger partial charge in [0.05, 0.1) is 6.54 Å². The molecule has 0 spiro atoms. The molecule has 150 valence electrons. The molecule has 0 unspecified atom stereocenters. The second kappa shape index (κ2) is 6.58. The van der Waals surface area contributed by atoms with Crippen LogP contribution in [-0.4, -0.2) is 10.9 Å². The highest BCUT2D eigenvalue weighted by Crippen LogP contribution is 2.40. The Morgan fingerprint density at radius 3 is 2.45 bits per heavy atom. The first-order chi connectivity index (χ1) is 15.1. The predicted molar refractivity (Wildman–Crippen MR) is 128 cm³/mol. The standard InChI is InChI=1S/C28H22N2O/c1-17-13-14-19-16-30(28(31)23(19)15-17)26-12-6-8-20(18(26)2)21-9-5-11-25-27(21)22-7-3-4-10-24(22)29-25/h3-15,29H,16H2,1-2H3. The summed E-state index contributed by atoms with van der Waals surface area (Å²) in [6, 6.07) is 27.3. The van der Waals surface area contributed by atoms with Crippen molar-refractivity contribution in [1.82, 2.24) is 4.98 Å². The van der Waals surface area contributed by atoms with Crippen LogP contribution < -0.4 is 4.90 Å². The van der Waals surface area contributed by atoms with Gasteiger partial charge in [0.15, 0.2) is 0 Å². The van der Waals surface area contributed by atoms with Crippen LogP contribution >= 0.6 is 0 Å². The molecule has 5 aromatic rings. The van der Waals surface area contributed by atoms with Crippen LogP contribution in [0.1, 0.15) is 27.0 Å². The molecule has 1 aliphatic heterocycles. The monoisotopic (exact) mass is 402 g/mol. The molecular formula is C28H22N2O. The number of aromatic amines is 1. The van der Waals surface area contributed by atoms with E-state index in [1.54, 1.807) is 0 Å². The molecular weight excluding hydrogens is 380 g/mol. The molecule has 0 atom stereocenters. The molecule has 6 rings (SSSR count). The second-order valence-corrected chi connectivity index (χ2v) is 8.40. The summed E-state index contributed by atoms with van der Waals surface area (Å²) in [7, 11) is 0. The van der Waals surface area contributed by atoms with Crippen LogP contribution in [0.25, 0.3) is 32.9 Å². The summed E-state index contributed by atoms with van der Waals surface area (Å²) in [4.78, 5) is 18.7. The summed E-state index contributed by atoms with van der Waals surface area (Å²) in [5.41, 5.74) is 9.75. The fourth-order valence-corrected chi connectivity index (χ4v) is 4.94. The average molecular weight is 402 g/mol. The molecule has 3 nitrogen and oxygen atoms in total. The Kier molecular flexibility index (Phi) is 3.81. The number of amides is 1. The van der Waals surface area contributed by atoms with E-state index in [9.17, 15) is 4.79 Å². The van der Waals surface area contributed by atoms with E-state index >= 15 is 0 Å². The summed E-state index contributed by atoms with van der Waals surface area (Å²) in [6.07, 6.45) is 0. The van der Waals surface area contributed by atoms with Crippen LogP contribution in [0.5, 0.6) is 0 Å². The van der Waals surface area contributed by atoms with Gasteiger partial charge in [0.2, 0.25) is 0 Å². The molecule has 0 fully saturated rings. The number of carbonyl (C=O) groups is 1. The van der Waals surface area contributed by atoms with Crippen LogP contribution in [0.2, 0.25) is 0 Å². The molecule has 1 amide bonds. The van der Waals surface area contributed by atoms with Crippen molar-refractivity contribution in [2.75, 3.05) is 4.90 Å². The molecule has 3 heteroatoms. The molecule has 31 heavy (non-hydrogen) atoms. The molecule has 0 bridgehead atoms. The van der Waals surface area contributed by atoms with Crippen molar-refractivity contribution in [2.45, 2.75) is 20.4 Å². The molecule has 1 aliphatic rings. The second-order valence-electron chi connectivity index (χ2n) is 8.40. The zero-order chi connectivity index (χ0) is 21.1. The maximum absolute atomic E-state index is 13.2. The number of hydrogen-bond acceptors (Lipinski definition) is 1. The van der Waals surface area contributed by atoms with Gasteiger partial charge in [0, 0.05) is 33.1 Å². The van der Waals surface area contributed by atoms with Crippen molar-refractivity contribution in [2.24, 2.45) is 0 Å². The number of benzene rings is 4. The number of fused-ring (bicyclic) bond motifs is 4. The molecule has 4 aromatic carbocycles. The number of anilines is 1. The number of rotatable bonds is 2. The zero-order valence-electron chi connectivity index (χ0n) is 17.6. The first kappa shape index (κ1) is 18.0. The van der Waals surface area contributed by atoms with Crippen LogP contribution in [-0.2, 0) is 6.54 Å². The van der Waals surface area contributed by atoms with Crippen molar-refractivity contribution in [1.29, 1.82) is 0 Å². The van der Waals surface area contributed by atoms with Crippen molar-refractivity contribution in [3.8, 4) is 11.1 Å². The highest BCUT2D eigenvalue weighted by Gasteiger charge is 2.30. The molecule has 2 heterocycles. The molecule has 0 saturated carbocycles. The van der Waals surface area contributed by atoms with Crippen molar-refractivity contribution < 1.29 is 4.79 Å². The van der Waals surface area contributed by atoms with Crippen LogP contribution in [0.15, 0.2) is 78.9 Å². The number of para-hydroxylation sites is 1. The number of hydrogen-bond donors (Lipinski definition) is 1. The van der Waals surface area contributed by atoms with Gasteiger partial charge in [-0.15, -0.1) is 0 Å². The molecule has 0 saturated heterocycles. The van der Waals surface area contributed by atoms with Crippen LogP contribution in [0.4, 0.5) is 5.69 Å². The highest BCUT2D eigenvalue weighted by molar-refractivity contribution is 6.15. The molecule has 0 aliphatic carbocycles. The maximum atomic E-state index is 13.2. The third-order valence-electron chi connectivity index (χ3n) is 6.49. The fraction of sp³-hybridized carbons (Fsp3) is 0.107. The van der Waals surface area contributed by atoms with Gasteiger partial charge in [0.25, 0.3) is 5.91 Å². The first-order valence-electron chi connectivity index (χ1n) is 10.6. The minimum atomic E-state index is 0.0873. The number of H-pyrrole nitrogens is 1. The van der Waals surface area contributed by atoms with E-state index in [1.165, 1.54) is 16.3 Å². The SMILES string of the molecule is Cc1ccc2c(c1)C(=O)N(c1cccc(-c3cccc4[nH]c5ccccc5c34)c1C)C2. The van der Waals surface area contributed by atoms with Crippen molar-refractivity contribution in [3.05, 3.63) is 101 Å². The minimum Gasteiger partial charge on any atom is -0.354 e. The lowest BCUT2D eigenvalue weighted by Gasteiger charge is -2.21. The lowest BCUT2D eigenvalue weighted by Crippen LogP contribution is -2.24. The van der Waals surface area contributed by atoms with Gasteiger partial charge in [-0.3, -0.25) is 4.79 Å². The van der Waals surface area contributed by atoms with Gasteiger partial charge in [0.1, 0.15) is 0 Å². The van der Waals surface area contributed by atoms with Crippen molar-refractivity contribution in [3.63, 3.8) is 0 Å². The topological polar surface area (TPSA) is 36.1 Å². The normalized spacial score (nSPS) is 13.4. The quantitative estimate of drug-likeness (QED) is 0.348. The summed E-state index contributed by atoms with van der Waals surface area (Å²) in [6.45, 7) is 4.78. The van der Waals surface area contributed by atoms with E-state index in [0.29, 0.717) is 6.54 Å². The van der Waals surface area contributed by atoms with Crippen LogP contribution in [0, 0.1) is 13.8 Å². The number of nitrogens with zero attached hydrogens (tertiary/aromatic N) is 1. The van der Waals surface area contributed by atoms with Crippen LogP contribution in [0.3, 0.4) is 0 Å². The van der Waals surface area contributed by atoms with E-state index in [2.05, 4.69) is 84.7 Å². The molecule has 0 radical (unpaired) electrons. The average Bonchev–Trinajstić information content (AvgIpc) is 3.32. The van der Waals surface area contributed by atoms with Gasteiger partial charge >= 0.3 is 0 Å². The zero-order valence-corrected chi connectivity index (χ0v) is 17.6. The lowest BCUT2D eigenvalue weighted by atomic mass is 9.94. The van der Waals surface area contributed by atoms with E-state index in [-0.39, 0.29) is 5.91 Å². The molecule has 1 N–H and O–H groups in total. The van der Waals surface area contributed by atoms with Crippen molar-refractivity contribution >= 4 is 33.4 Å². The summed E-state index contributed by atoms with van der Waals surface area (Å²) < 4.78 is 0. The number of aryl methyl sites for hydroxylation is 1. The third-order valence-corrected chi connectivity index (χ3v) is 6.49. The van der Waals surface area contributed by atoms with Gasteiger partial charge < -0.3 is 9.88 Å². The van der Waals surface area contributed by atoms with E-state index in [1.807, 2.05) is 17.9 Å². The Morgan fingerprint density at radius 1 is 0.774 bits per heavy atom. The predicted octanol–water partition coefficient (Wildman–Crippen LogP) is 6.77. The molecule has 1 aromatic heterocycles. The van der Waals surface area contributed by atoms with E-state index in [0.717, 1.165) is 44.5 Å². The Balaban J connectivity index is 1.53. The summed E-state index contributed by atoms with van der Waals surface area (Å²) in [5.74, 6) is 0.0873. The number of nitrogens with one attached hydrogen (secondary N) is 1. The van der Waals surface area contributed by atoms with E-state index in [4.69, 9.17) is 0 Å². The summed E-state index contributed by atoms with van der Waals surface area (Å²) >= 11 is 0. The number of aromatic nitrogens is 1.